The maximum Gasteiger partial charge on any atom is 0.0708 e. The van der Waals surface area contributed by atoms with E-state index in [-0.39, 0.29) is 0 Å². The van der Waals surface area contributed by atoms with Crippen molar-refractivity contribution in [1.29, 1.82) is 0 Å². The summed E-state index contributed by atoms with van der Waals surface area (Å²) in [5.74, 6) is 0. The molecule has 0 radical (unpaired) electrons. The molecule has 0 bridgehead atoms. The third-order valence-corrected chi connectivity index (χ3v) is 8.56. The van der Waals surface area contributed by atoms with Gasteiger partial charge in [0.2, 0.25) is 0 Å². The molecule has 41 heavy (non-hydrogen) atoms. The molecule has 6 aromatic carbocycles. The van der Waals surface area contributed by atoms with Crippen molar-refractivity contribution in [1.82, 2.24) is 9.38 Å². The number of hydrogen-bond donors (Lipinski definition) is 0. The van der Waals surface area contributed by atoms with Crippen molar-refractivity contribution in [2.45, 2.75) is 0 Å². The van der Waals surface area contributed by atoms with Crippen molar-refractivity contribution >= 4 is 49.0 Å². The van der Waals surface area contributed by atoms with E-state index in [0.717, 1.165) is 5.52 Å². The van der Waals surface area contributed by atoms with Crippen molar-refractivity contribution in [2.75, 3.05) is 0 Å². The van der Waals surface area contributed by atoms with Gasteiger partial charge in [0.1, 0.15) is 0 Å². The summed E-state index contributed by atoms with van der Waals surface area (Å²) in [5, 5.41) is 6.34. The highest BCUT2D eigenvalue weighted by Crippen LogP contribution is 2.43. The van der Waals surface area contributed by atoms with Crippen LogP contribution in [0.25, 0.3) is 82.4 Å². The molecule has 190 valence electrons. The Morgan fingerprint density at radius 3 is 2.00 bits per heavy atom. The minimum Gasteiger partial charge on any atom is -0.308 e. The second kappa shape index (κ2) is 8.51. The molecular weight excluding hydrogens is 496 g/mol. The van der Waals surface area contributed by atoms with E-state index in [2.05, 4.69) is 143 Å². The van der Waals surface area contributed by atoms with Crippen LogP contribution in [-0.2, 0) is 0 Å². The van der Waals surface area contributed by atoms with Crippen molar-refractivity contribution in [3.05, 3.63) is 146 Å². The summed E-state index contributed by atoms with van der Waals surface area (Å²) in [7, 11) is 0. The van der Waals surface area contributed by atoms with Crippen LogP contribution in [0.5, 0.6) is 0 Å². The van der Waals surface area contributed by atoms with Crippen LogP contribution in [-0.4, -0.2) is 9.38 Å². The second-order valence-corrected chi connectivity index (χ2v) is 10.8. The van der Waals surface area contributed by atoms with Crippen molar-refractivity contribution in [2.24, 2.45) is 0 Å². The number of nitrogens with zero attached hydrogens (tertiary/aromatic N) is 2. The number of benzene rings is 6. The van der Waals surface area contributed by atoms with E-state index in [1.807, 2.05) is 12.3 Å². The van der Waals surface area contributed by atoms with Crippen molar-refractivity contribution in [3.8, 4) is 33.4 Å². The maximum atomic E-state index is 4.58. The van der Waals surface area contributed by atoms with E-state index in [1.54, 1.807) is 0 Å². The fourth-order valence-electron chi connectivity index (χ4n) is 6.70. The molecule has 0 amide bonds. The van der Waals surface area contributed by atoms with E-state index in [1.165, 1.54) is 76.9 Å². The number of pyridine rings is 1. The van der Waals surface area contributed by atoms with Gasteiger partial charge in [0.25, 0.3) is 0 Å². The van der Waals surface area contributed by atoms with E-state index in [9.17, 15) is 0 Å². The zero-order valence-electron chi connectivity index (χ0n) is 22.3. The summed E-state index contributed by atoms with van der Waals surface area (Å²) in [6, 6.07) is 50.6. The molecule has 0 atom stereocenters. The molecule has 0 spiro atoms. The number of fused-ring (bicyclic) bond motifs is 7. The van der Waals surface area contributed by atoms with Crippen molar-refractivity contribution < 1.29 is 0 Å². The molecule has 0 N–H and O–H groups in total. The van der Waals surface area contributed by atoms with Gasteiger partial charge < -0.3 is 4.40 Å². The minimum absolute atomic E-state index is 1.02. The first-order valence-corrected chi connectivity index (χ1v) is 14.1. The quantitative estimate of drug-likeness (QED) is 0.226. The molecule has 0 saturated heterocycles. The Kier molecular flexibility index (Phi) is 4.64. The van der Waals surface area contributed by atoms with Crippen molar-refractivity contribution in [3.63, 3.8) is 0 Å². The highest BCUT2D eigenvalue weighted by molar-refractivity contribution is 6.24. The third kappa shape index (κ3) is 3.28. The lowest BCUT2D eigenvalue weighted by Gasteiger charge is -2.10. The van der Waals surface area contributed by atoms with Gasteiger partial charge in [-0.25, -0.2) is 0 Å². The van der Waals surface area contributed by atoms with Gasteiger partial charge in [-0.2, -0.15) is 0 Å². The largest absolute Gasteiger partial charge is 0.308 e. The number of rotatable bonds is 3. The van der Waals surface area contributed by atoms with Gasteiger partial charge in [-0.3, -0.25) is 4.98 Å². The fourth-order valence-corrected chi connectivity index (χ4v) is 6.70. The van der Waals surface area contributed by atoms with Crippen LogP contribution in [0.3, 0.4) is 0 Å². The Morgan fingerprint density at radius 1 is 0.390 bits per heavy atom. The lowest BCUT2D eigenvalue weighted by Crippen LogP contribution is -1.85. The van der Waals surface area contributed by atoms with Gasteiger partial charge in [-0.1, -0.05) is 91.0 Å². The van der Waals surface area contributed by atoms with Gasteiger partial charge in [0.15, 0.2) is 0 Å². The Morgan fingerprint density at radius 2 is 1.07 bits per heavy atom. The first-order chi connectivity index (χ1) is 20.3. The molecule has 3 heterocycles. The third-order valence-electron chi connectivity index (χ3n) is 8.56. The van der Waals surface area contributed by atoms with E-state index in [0.29, 0.717) is 0 Å². The molecule has 2 heteroatoms. The van der Waals surface area contributed by atoms with Gasteiger partial charge in [0, 0.05) is 33.1 Å². The summed E-state index contributed by atoms with van der Waals surface area (Å²) < 4.78 is 2.45. The van der Waals surface area contributed by atoms with E-state index < -0.39 is 0 Å². The van der Waals surface area contributed by atoms with Crippen LogP contribution in [0.4, 0.5) is 0 Å². The lowest BCUT2D eigenvalue weighted by molar-refractivity contribution is 1.37. The predicted octanol–water partition coefficient (Wildman–Crippen LogP) is 10.4. The summed E-state index contributed by atoms with van der Waals surface area (Å²) >= 11 is 0. The zero-order chi connectivity index (χ0) is 26.9. The molecule has 2 nitrogen and oxygen atoms in total. The van der Waals surface area contributed by atoms with Crippen LogP contribution >= 0.6 is 0 Å². The Bertz CT molecular complexity index is 2410. The Labute approximate surface area is 237 Å². The average Bonchev–Trinajstić information content (AvgIpc) is 3.56. The smallest absolute Gasteiger partial charge is 0.0708 e. The SMILES string of the molecule is c1ccc(-c2ccc3c(c2)c2cc(-c4cccc(-c5cccc6ncccc56)c4)cc4c5ccccc5n3c42)cc1. The average molecular weight is 521 g/mol. The second-order valence-electron chi connectivity index (χ2n) is 10.8. The molecule has 0 aliphatic rings. The molecule has 0 saturated carbocycles. The van der Waals surface area contributed by atoms with Gasteiger partial charge in [-0.15, -0.1) is 0 Å². The van der Waals surface area contributed by atoms with Crippen LogP contribution < -0.4 is 0 Å². The first-order valence-electron chi connectivity index (χ1n) is 14.1. The summed E-state index contributed by atoms with van der Waals surface area (Å²) in [6.07, 6.45) is 1.86. The van der Waals surface area contributed by atoms with E-state index >= 15 is 0 Å². The van der Waals surface area contributed by atoms with Gasteiger partial charge >= 0.3 is 0 Å². The molecule has 0 aliphatic heterocycles. The highest BCUT2D eigenvalue weighted by atomic mass is 14.9. The predicted molar refractivity (Wildman–Crippen MR) is 173 cm³/mol. The zero-order valence-corrected chi connectivity index (χ0v) is 22.3. The molecular formula is C39H24N2. The topological polar surface area (TPSA) is 17.3 Å². The molecule has 3 aromatic heterocycles. The minimum atomic E-state index is 1.02. The monoisotopic (exact) mass is 520 g/mol. The van der Waals surface area contributed by atoms with Gasteiger partial charge in [-0.05, 0) is 81.9 Å². The maximum absolute atomic E-state index is 4.58. The fraction of sp³-hybridized carbons (Fsp3) is 0. The Balaban J connectivity index is 1.33. The van der Waals surface area contributed by atoms with Crippen LogP contribution in [0.15, 0.2) is 146 Å². The van der Waals surface area contributed by atoms with Crippen LogP contribution in [0.1, 0.15) is 0 Å². The van der Waals surface area contributed by atoms with Gasteiger partial charge in [0.05, 0.1) is 22.1 Å². The number of para-hydroxylation sites is 1. The normalized spacial score (nSPS) is 11.9. The van der Waals surface area contributed by atoms with Crippen LogP contribution in [0, 0.1) is 0 Å². The lowest BCUT2D eigenvalue weighted by atomic mass is 9.94. The summed E-state index contributed by atoms with van der Waals surface area (Å²) in [5.41, 5.74) is 12.1. The number of hydrogen-bond acceptors (Lipinski definition) is 1. The standard InChI is InChI=1S/C39H24N2/c1-2-9-25(10-3-1)27-18-19-38-33(22-27)35-24-29(23-34-32-13-4-5-17-37(32)41(38)39(34)35)26-11-6-12-28(21-26)30-14-7-16-36-31(30)15-8-20-40-36/h1-24H. The Hall–Kier alpha value is -5.47. The van der Waals surface area contributed by atoms with Crippen LogP contribution in [0.2, 0.25) is 0 Å². The summed E-state index contributed by atoms with van der Waals surface area (Å²) in [4.78, 5) is 4.58. The molecule has 0 aliphatic carbocycles. The molecule has 0 unspecified atom stereocenters. The molecule has 9 rings (SSSR count). The molecule has 0 fully saturated rings. The first kappa shape index (κ1) is 22.4. The highest BCUT2D eigenvalue weighted by Gasteiger charge is 2.19. The van der Waals surface area contributed by atoms with E-state index in [4.69, 9.17) is 0 Å². The molecule has 9 aromatic rings. The number of aromatic nitrogens is 2. The summed E-state index contributed by atoms with van der Waals surface area (Å²) in [6.45, 7) is 0.